The Labute approximate surface area is 107 Å². The fourth-order valence-electron chi connectivity index (χ4n) is 1.41. The highest BCUT2D eigenvalue weighted by molar-refractivity contribution is 5.39. The lowest BCUT2D eigenvalue weighted by molar-refractivity contribution is 0.0936. The number of ether oxygens (including phenoxy) is 2. The van der Waals surface area contributed by atoms with Crippen molar-refractivity contribution in [1.29, 1.82) is 0 Å². The Morgan fingerprint density at radius 3 is 2.50 bits per heavy atom. The molecule has 5 heteroatoms. The number of para-hydroxylation sites is 2. The van der Waals surface area contributed by atoms with Gasteiger partial charge in [-0.1, -0.05) is 12.1 Å². The summed E-state index contributed by atoms with van der Waals surface area (Å²) in [5.74, 6) is 1.44. The predicted octanol–water partition coefficient (Wildman–Crippen LogP) is 0.407. The van der Waals surface area contributed by atoms with E-state index in [1.165, 1.54) is 0 Å². The Bertz CT molecular complexity index is 333. The molecule has 0 bridgehead atoms. The van der Waals surface area contributed by atoms with Gasteiger partial charge in [-0.25, -0.2) is 0 Å². The Kier molecular flexibility index (Phi) is 7.17. The van der Waals surface area contributed by atoms with Crippen LogP contribution in [0.25, 0.3) is 0 Å². The molecule has 0 radical (unpaired) electrons. The summed E-state index contributed by atoms with van der Waals surface area (Å²) >= 11 is 0. The van der Waals surface area contributed by atoms with E-state index in [0.29, 0.717) is 32.1 Å². The van der Waals surface area contributed by atoms with E-state index >= 15 is 0 Å². The highest BCUT2D eigenvalue weighted by atomic mass is 16.5. The van der Waals surface area contributed by atoms with E-state index in [-0.39, 0.29) is 6.61 Å². The zero-order chi connectivity index (χ0) is 13.2. The minimum absolute atomic E-state index is 0.235. The van der Waals surface area contributed by atoms with Crippen molar-refractivity contribution in [2.45, 2.75) is 13.0 Å². The minimum Gasteiger partial charge on any atom is -0.490 e. The van der Waals surface area contributed by atoms with Gasteiger partial charge in [-0.05, 0) is 19.1 Å². The van der Waals surface area contributed by atoms with Crippen LogP contribution in [0.5, 0.6) is 11.5 Å². The molecule has 0 saturated carbocycles. The SMILES string of the molecule is CCOc1ccccc1OCCNCC(O)CO. The number of nitrogens with one attached hydrogen (secondary N) is 1. The maximum absolute atomic E-state index is 9.12. The summed E-state index contributed by atoms with van der Waals surface area (Å²) in [7, 11) is 0. The fraction of sp³-hybridized carbons (Fsp3) is 0.538. The van der Waals surface area contributed by atoms with Crippen LogP contribution >= 0.6 is 0 Å². The van der Waals surface area contributed by atoms with E-state index in [4.69, 9.17) is 19.7 Å². The van der Waals surface area contributed by atoms with Gasteiger partial charge in [0.2, 0.25) is 0 Å². The van der Waals surface area contributed by atoms with Gasteiger partial charge in [-0.15, -0.1) is 0 Å². The Morgan fingerprint density at radius 2 is 1.89 bits per heavy atom. The molecule has 1 aromatic carbocycles. The predicted molar refractivity (Wildman–Crippen MR) is 69.1 cm³/mol. The smallest absolute Gasteiger partial charge is 0.161 e. The first-order valence-corrected chi connectivity index (χ1v) is 6.12. The molecular formula is C13H21NO4. The number of benzene rings is 1. The average molecular weight is 255 g/mol. The summed E-state index contributed by atoms with van der Waals surface area (Å²) in [6, 6.07) is 7.50. The van der Waals surface area contributed by atoms with Gasteiger partial charge < -0.3 is 25.0 Å². The number of rotatable bonds is 9. The quantitative estimate of drug-likeness (QED) is 0.557. The molecule has 0 fully saturated rings. The summed E-state index contributed by atoms with van der Waals surface area (Å²) in [6.07, 6.45) is -0.722. The van der Waals surface area contributed by atoms with Crippen LogP contribution in [0.4, 0.5) is 0 Å². The zero-order valence-corrected chi connectivity index (χ0v) is 10.6. The first-order chi connectivity index (χ1) is 8.77. The van der Waals surface area contributed by atoms with Gasteiger partial charge in [0, 0.05) is 13.1 Å². The largest absolute Gasteiger partial charge is 0.490 e. The van der Waals surface area contributed by atoms with Crippen molar-refractivity contribution in [3.8, 4) is 11.5 Å². The highest BCUT2D eigenvalue weighted by Gasteiger charge is 2.03. The second-order valence-corrected chi connectivity index (χ2v) is 3.77. The van der Waals surface area contributed by atoms with Gasteiger partial charge in [0.25, 0.3) is 0 Å². The van der Waals surface area contributed by atoms with Crippen LogP contribution in [0.3, 0.4) is 0 Å². The van der Waals surface area contributed by atoms with Gasteiger partial charge in [-0.3, -0.25) is 0 Å². The molecule has 1 atom stereocenters. The molecule has 0 heterocycles. The van der Waals surface area contributed by atoms with E-state index in [1.54, 1.807) is 0 Å². The molecule has 0 aliphatic rings. The van der Waals surface area contributed by atoms with Crippen molar-refractivity contribution in [2.24, 2.45) is 0 Å². The normalized spacial score (nSPS) is 12.2. The topological polar surface area (TPSA) is 71.0 Å². The third kappa shape index (κ3) is 5.35. The summed E-state index contributed by atoms with van der Waals surface area (Å²) in [6.45, 7) is 3.71. The lowest BCUT2D eigenvalue weighted by Gasteiger charge is -2.12. The highest BCUT2D eigenvalue weighted by Crippen LogP contribution is 2.25. The van der Waals surface area contributed by atoms with Crippen LogP contribution < -0.4 is 14.8 Å². The minimum atomic E-state index is -0.722. The third-order valence-corrected chi connectivity index (χ3v) is 2.28. The van der Waals surface area contributed by atoms with Gasteiger partial charge in [0.1, 0.15) is 6.61 Å². The Hall–Kier alpha value is -1.30. The summed E-state index contributed by atoms with van der Waals surface area (Å²) in [5, 5.41) is 20.7. The molecular weight excluding hydrogens is 234 g/mol. The van der Waals surface area contributed by atoms with Crippen molar-refractivity contribution < 1.29 is 19.7 Å². The van der Waals surface area contributed by atoms with Crippen LogP contribution in [0.2, 0.25) is 0 Å². The maximum atomic E-state index is 9.12. The first kappa shape index (κ1) is 14.8. The number of aliphatic hydroxyl groups excluding tert-OH is 2. The molecule has 1 rings (SSSR count). The van der Waals surface area contributed by atoms with Crippen molar-refractivity contribution in [3.05, 3.63) is 24.3 Å². The summed E-state index contributed by atoms with van der Waals surface area (Å²) in [4.78, 5) is 0. The molecule has 0 saturated heterocycles. The standard InChI is InChI=1S/C13H21NO4/c1-2-17-12-5-3-4-6-13(12)18-8-7-14-9-11(16)10-15/h3-6,11,14-16H,2,7-10H2,1H3. The van der Waals surface area contributed by atoms with E-state index in [9.17, 15) is 0 Å². The van der Waals surface area contributed by atoms with Crippen LogP contribution in [-0.4, -0.2) is 49.2 Å². The molecule has 5 nitrogen and oxygen atoms in total. The van der Waals surface area contributed by atoms with Gasteiger partial charge in [-0.2, -0.15) is 0 Å². The lowest BCUT2D eigenvalue weighted by Crippen LogP contribution is -2.32. The van der Waals surface area contributed by atoms with Crippen molar-refractivity contribution in [1.82, 2.24) is 5.32 Å². The molecule has 102 valence electrons. The van der Waals surface area contributed by atoms with E-state index in [2.05, 4.69) is 5.32 Å². The molecule has 0 amide bonds. The van der Waals surface area contributed by atoms with Crippen LogP contribution in [0.1, 0.15) is 6.92 Å². The maximum Gasteiger partial charge on any atom is 0.161 e. The molecule has 0 aliphatic carbocycles. The molecule has 18 heavy (non-hydrogen) atoms. The second kappa shape index (κ2) is 8.74. The summed E-state index contributed by atoms with van der Waals surface area (Å²) < 4.78 is 11.0. The monoisotopic (exact) mass is 255 g/mol. The Balaban J connectivity index is 2.26. The lowest BCUT2D eigenvalue weighted by atomic mass is 10.3. The van der Waals surface area contributed by atoms with Gasteiger partial charge in [0.05, 0.1) is 19.3 Å². The summed E-state index contributed by atoms with van der Waals surface area (Å²) in [5.41, 5.74) is 0. The molecule has 0 aromatic heterocycles. The number of aliphatic hydroxyl groups is 2. The Morgan fingerprint density at radius 1 is 1.22 bits per heavy atom. The molecule has 0 spiro atoms. The van der Waals surface area contributed by atoms with E-state index in [1.807, 2.05) is 31.2 Å². The van der Waals surface area contributed by atoms with Crippen LogP contribution in [-0.2, 0) is 0 Å². The van der Waals surface area contributed by atoms with Crippen LogP contribution in [0, 0.1) is 0 Å². The third-order valence-electron chi connectivity index (χ3n) is 2.28. The van der Waals surface area contributed by atoms with Crippen molar-refractivity contribution in [3.63, 3.8) is 0 Å². The fourth-order valence-corrected chi connectivity index (χ4v) is 1.41. The molecule has 1 aromatic rings. The van der Waals surface area contributed by atoms with Gasteiger partial charge >= 0.3 is 0 Å². The molecule has 3 N–H and O–H groups in total. The molecule has 1 unspecified atom stereocenters. The average Bonchev–Trinajstić information content (AvgIpc) is 2.40. The van der Waals surface area contributed by atoms with E-state index < -0.39 is 6.10 Å². The number of hydrogen-bond acceptors (Lipinski definition) is 5. The zero-order valence-electron chi connectivity index (χ0n) is 10.6. The van der Waals surface area contributed by atoms with Crippen molar-refractivity contribution in [2.75, 3.05) is 32.9 Å². The molecule has 0 aliphatic heterocycles. The van der Waals surface area contributed by atoms with Crippen LogP contribution in [0.15, 0.2) is 24.3 Å². The van der Waals surface area contributed by atoms with Crippen molar-refractivity contribution >= 4 is 0 Å². The van der Waals surface area contributed by atoms with E-state index in [0.717, 1.165) is 5.75 Å². The first-order valence-electron chi connectivity index (χ1n) is 6.12. The van der Waals surface area contributed by atoms with Gasteiger partial charge in [0.15, 0.2) is 11.5 Å². The number of hydrogen-bond donors (Lipinski definition) is 3. The second-order valence-electron chi connectivity index (χ2n) is 3.77.